The Balaban J connectivity index is 1.97. The van der Waals surface area contributed by atoms with Crippen molar-refractivity contribution in [2.45, 2.75) is 6.92 Å². The SMILES string of the molecule is Cc1ccc(-c2noc(-c3ccc([N+](=O)[O-])cc3Cl)n2)cc1. The van der Waals surface area contributed by atoms with Crippen molar-refractivity contribution in [3.05, 3.63) is 63.2 Å². The van der Waals surface area contributed by atoms with E-state index >= 15 is 0 Å². The summed E-state index contributed by atoms with van der Waals surface area (Å²) < 4.78 is 5.20. The third-order valence-corrected chi connectivity index (χ3v) is 3.44. The predicted molar refractivity (Wildman–Crippen MR) is 81.6 cm³/mol. The fourth-order valence-corrected chi connectivity index (χ4v) is 2.20. The number of benzene rings is 2. The van der Waals surface area contributed by atoms with Crippen molar-refractivity contribution >= 4 is 17.3 Å². The molecule has 1 aromatic heterocycles. The lowest BCUT2D eigenvalue weighted by Gasteiger charge is -1.98. The molecule has 0 amide bonds. The lowest BCUT2D eigenvalue weighted by Crippen LogP contribution is -1.88. The maximum Gasteiger partial charge on any atom is 0.270 e. The molecule has 0 aliphatic carbocycles. The van der Waals surface area contributed by atoms with Gasteiger partial charge in [0.25, 0.3) is 11.6 Å². The van der Waals surface area contributed by atoms with Crippen LogP contribution in [0.25, 0.3) is 22.8 Å². The number of rotatable bonds is 3. The number of halogens is 1. The molecule has 1 heterocycles. The van der Waals surface area contributed by atoms with E-state index in [2.05, 4.69) is 10.1 Å². The van der Waals surface area contributed by atoms with Crippen LogP contribution in [0.5, 0.6) is 0 Å². The van der Waals surface area contributed by atoms with Crippen LogP contribution in [-0.2, 0) is 0 Å². The molecule has 0 spiro atoms. The van der Waals surface area contributed by atoms with Gasteiger partial charge in [0.1, 0.15) is 0 Å². The lowest BCUT2D eigenvalue weighted by atomic mass is 10.1. The molecule has 0 saturated heterocycles. The quantitative estimate of drug-likeness (QED) is 0.532. The van der Waals surface area contributed by atoms with Gasteiger partial charge in [0.2, 0.25) is 5.82 Å². The Hall–Kier alpha value is -2.73. The van der Waals surface area contributed by atoms with Crippen LogP contribution in [-0.4, -0.2) is 15.1 Å². The average molecular weight is 316 g/mol. The van der Waals surface area contributed by atoms with Gasteiger partial charge in [-0.05, 0) is 13.0 Å². The Labute approximate surface area is 130 Å². The van der Waals surface area contributed by atoms with Crippen molar-refractivity contribution < 1.29 is 9.45 Å². The molecule has 0 N–H and O–H groups in total. The largest absolute Gasteiger partial charge is 0.334 e. The Kier molecular flexibility index (Phi) is 3.60. The number of aromatic nitrogens is 2. The second-order valence-electron chi connectivity index (χ2n) is 4.71. The van der Waals surface area contributed by atoms with Gasteiger partial charge in [0, 0.05) is 17.7 Å². The van der Waals surface area contributed by atoms with Gasteiger partial charge in [0.15, 0.2) is 0 Å². The minimum absolute atomic E-state index is 0.0907. The zero-order chi connectivity index (χ0) is 15.7. The molecule has 0 bridgehead atoms. The fraction of sp³-hybridized carbons (Fsp3) is 0.0667. The van der Waals surface area contributed by atoms with E-state index in [1.54, 1.807) is 0 Å². The van der Waals surface area contributed by atoms with Gasteiger partial charge in [-0.2, -0.15) is 4.98 Å². The van der Waals surface area contributed by atoms with Crippen LogP contribution in [0.1, 0.15) is 5.56 Å². The first-order valence-corrected chi connectivity index (χ1v) is 6.77. The molecule has 0 saturated carbocycles. The molecule has 110 valence electrons. The standard InChI is InChI=1S/C15H10ClN3O3/c1-9-2-4-10(5-3-9)14-17-15(22-18-14)12-7-6-11(19(20)21)8-13(12)16/h2-8H,1H3. The Morgan fingerprint density at radius 1 is 1.18 bits per heavy atom. The first-order chi connectivity index (χ1) is 10.5. The molecular formula is C15H10ClN3O3. The molecule has 0 fully saturated rings. The summed E-state index contributed by atoms with van der Waals surface area (Å²) in [7, 11) is 0. The molecule has 0 radical (unpaired) electrons. The van der Waals surface area contributed by atoms with Gasteiger partial charge < -0.3 is 4.52 Å². The zero-order valence-electron chi connectivity index (χ0n) is 11.5. The highest BCUT2D eigenvalue weighted by Gasteiger charge is 2.16. The summed E-state index contributed by atoms with van der Waals surface area (Å²) in [5, 5.41) is 14.8. The number of nitro benzene ring substituents is 1. The van der Waals surface area contributed by atoms with Crippen molar-refractivity contribution in [1.29, 1.82) is 0 Å². The number of hydrogen-bond acceptors (Lipinski definition) is 5. The normalized spacial score (nSPS) is 10.6. The maximum atomic E-state index is 10.7. The first-order valence-electron chi connectivity index (χ1n) is 6.39. The molecule has 6 nitrogen and oxygen atoms in total. The van der Waals surface area contributed by atoms with Crippen LogP contribution in [0.2, 0.25) is 5.02 Å². The van der Waals surface area contributed by atoms with Crippen molar-refractivity contribution in [3.8, 4) is 22.8 Å². The smallest absolute Gasteiger partial charge is 0.270 e. The van der Waals surface area contributed by atoms with Gasteiger partial charge in [-0.3, -0.25) is 10.1 Å². The van der Waals surface area contributed by atoms with Gasteiger partial charge in [-0.25, -0.2) is 0 Å². The van der Waals surface area contributed by atoms with Crippen LogP contribution < -0.4 is 0 Å². The van der Waals surface area contributed by atoms with Crippen LogP contribution in [0.15, 0.2) is 47.0 Å². The monoisotopic (exact) mass is 315 g/mol. The van der Waals surface area contributed by atoms with Crippen LogP contribution in [0, 0.1) is 17.0 Å². The summed E-state index contributed by atoms with van der Waals surface area (Å²) in [4.78, 5) is 14.5. The molecule has 0 aliphatic heterocycles. The van der Waals surface area contributed by atoms with Crippen molar-refractivity contribution in [2.24, 2.45) is 0 Å². The van der Waals surface area contributed by atoms with Crippen molar-refractivity contribution in [3.63, 3.8) is 0 Å². The number of non-ortho nitro benzene ring substituents is 1. The van der Waals surface area contributed by atoms with Crippen molar-refractivity contribution in [2.75, 3.05) is 0 Å². The van der Waals surface area contributed by atoms with E-state index in [-0.39, 0.29) is 16.6 Å². The highest BCUT2D eigenvalue weighted by Crippen LogP contribution is 2.31. The van der Waals surface area contributed by atoms with Crippen LogP contribution in [0.3, 0.4) is 0 Å². The number of nitrogens with zero attached hydrogens (tertiary/aromatic N) is 3. The molecule has 3 rings (SSSR count). The van der Waals surface area contributed by atoms with E-state index in [1.165, 1.54) is 18.2 Å². The number of aryl methyl sites for hydroxylation is 1. The maximum absolute atomic E-state index is 10.7. The summed E-state index contributed by atoms with van der Waals surface area (Å²) in [5.74, 6) is 0.653. The summed E-state index contributed by atoms with van der Waals surface area (Å²) in [6.07, 6.45) is 0. The van der Waals surface area contributed by atoms with Gasteiger partial charge in [-0.1, -0.05) is 46.6 Å². The van der Waals surface area contributed by atoms with Crippen LogP contribution in [0.4, 0.5) is 5.69 Å². The lowest BCUT2D eigenvalue weighted by molar-refractivity contribution is -0.384. The molecule has 2 aromatic carbocycles. The molecule has 0 atom stereocenters. The Morgan fingerprint density at radius 2 is 1.91 bits per heavy atom. The third-order valence-electron chi connectivity index (χ3n) is 3.13. The van der Waals surface area contributed by atoms with Gasteiger partial charge in [0.05, 0.1) is 15.5 Å². The molecule has 0 unspecified atom stereocenters. The average Bonchev–Trinajstić information content (AvgIpc) is 2.97. The molecular weight excluding hydrogens is 306 g/mol. The van der Waals surface area contributed by atoms with E-state index in [0.29, 0.717) is 11.4 Å². The van der Waals surface area contributed by atoms with E-state index in [1.807, 2.05) is 31.2 Å². The topological polar surface area (TPSA) is 82.1 Å². The molecule has 3 aromatic rings. The van der Waals surface area contributed by atoms with Crippen LogP contribution >= 0.6 is 11.6 Å². The van der Waals surface area contributed by atoms with Gasteiger partial charge in [-0.15, -0.1) is 0 Å². The predicted octanol–water partition coefficient (Wildman–Crippen LogP) is 4.27. The minimum Gasteiger partial charge on any atom is -0.334 e. The fourth-order valence-electron chi connectivity index (χ4n) is 1.94. The molecule has 7 heteroatoms. The zero-order valence-corrected chi connectivity index (χ0v) is 12.2. The highest BCUT2D eigenvalue weighted by molar-refractivity contribution is 6.33. The van der Waals surface area contributed by atoms with E-state index in [9.17, 15) is 10.1 Å². The Bertz CT molecular complexity index is 843. The first kappa shape index (κ1) is 14.2. The Morgan fingerprint density at radius 3 is 2.55 bits per heavy atom. The number of hydrogen-bond donors (Lipinski definition) is 0. The summed E-state index contributed by atoms with van der Waals surface area (Å²) >= 11 is 6.05. The van der Waals surface area contributed by atoms with Gasteiger partial charge >= 0.3 is 0 Å². The van der Waals surface area contributed by atoms with E-state index in [0.717, 1.165) is 11.1 Å². The van der Waals surface area contributed by atoms with E-state index < -0.39 is 4.92 Å². The van der Waals surface area contributed by atoms with E-state index in [4.69, 9.17) is 16.1 Å². The molecule has 0 aliphatic rings. The highest BCUT2D eigenvalue weighted by atomic mass is 35.5. The summed E-state index contributed by atoms with van der Waals surface area (Å²) in [6, 6.07) is 11.8. The van der Waals surface area contributed by atoms with Crippen molar-refractivity contribution in [1.82, 2.24) is 10.1 Å². The third kappa shape index (κ3) is 2.68. The second-order valence-corrected chi connectivity index (χ2v) is 5.12. The second kappa shape index (κ2) is 5.57. The molecule has 22 heavy (non-hydrogen) atoms. The number of nitro groups is 1. The minimum atomic E-state index is -0.513. The summed E-state index contributed by atoms with van der Waals surface area (Å²) in [6.45, 7) is 1.99. The summed E-state index contributed by atoms with van der Waals surface area (Å²) in [5.41, 5.74) is 2.31.